The first-order valence-electron chi connectivity index (χ1n) is 10.1. The average molecular weight is 440 g/mol. The smallest absolute Gasteiger partial charge is 0.226 e. The summed E-state index contributed by atoms with van der Waals surface area (Å²) in [7, 11) is 0. The van der Waals surface area contributed by atoms with E-state index in [9.17, 15) is 9.59 Å². The Bertz CT molecular complexity index is 1100. The summed E-state index contributed by atoms with van der Waals surface area (Å²) in [5, 5.41) is 7.46. The summed E-state index contributed by atoms with van der Waals surface area (Å²) in [6, 6.07) is 6.39. The summed E-state index contributed by atoms with van der Waals surface area (Å²) in [6.45, 7) is 7.66. The molecule has 1 aromatic carbocycles. The maximum atomic E-state index is 12.5. The van der Waals surface area contributed by atoms with Gasteiger partial charge in [-0.1, -0.05) is 6.07 Å². The highest BCUT2D eigenvalue weighted by atomic mass is 32.1. The van der Waals surface area contributed by atoms with E-state index in [0.717, 1.165) is 24.2 Å². The largest absolute Gasteiger partial charge is 0.338 e. The molecule has 30 heavy (non-hydrogen) atoms. The summed E-state index contributed by atoms with van der Waals surface area (Å²) in [4.78, 5) is 32.7. The van der Waals surface area contributed by atoms with E-state index in [1.54, 1.807) is 11.3 Å². The van der Waals surface area contributed by atoms with Gasteiger partial charge >= 0.3 is 0 Å². The average Bonchev–Trinajstić information content (AvgIpc) is 3.37. The molecule has 0 atom stereocenters. The topological polar surface area (TPSA) is 62.3 Å². The Hall–Kier alpha value is -2.51. The van der Waals surface area contributed by atoms with Gasteiger partial charge in [-0.05, 0) is 67.0 Å². The van der Waals surface area contributed by atoms with Gasteiger partial charge in [0.2, 0.25) is 11.8 Å². The number of carbonyl (C=O) groups excluding carboxylic acids is 2. The van der Waals surface area contributed by atoms with Crippen LogP contribution in [0.3, 0.4) is 0 Å². The number of amides is 2. The van der Waals surface area contributed by atoms with E-state index < -0.39 is 0 Å². The van der Waals surface area contributed by atoms with Gasteiger partial charge < -0.3 is 10.2 Å². The van der Waals surface area contributed by atoms with Gasteiger partial charge in [-0.3, -0.25) is 9.59 Å². The summed E-state index contributed by atoms with van der Waals surface area (Å²) in [5.74, 6) is -0.137. The minimum atomic E-state index is -0.172. The number of benzene rings is 1. The summed E-state index contributed by atoms with van der Waals surface area (Å²) in [6.07, 6.45) is 1.30. The van der Waals surface area contributed by atoms with E-state index in [-0.39, 0.29) is 24.7 Å². The highest BCUT2D eigenvalue weighted by Gasteiger charge is 2.22. The maximum absolute atomic E-state index is 12.5. The van der Waals surface area contributed by atoms with E-state index in [4.69, 9.17) is 0 Å². The van der Waals surface area contributed by atoms with Crippen LogP contribution in [0.25, 0.3) is 11.3 Å². The minimum Gasteiger partial charge on any atom is -0.338 e. The van der Waals surface area contributed by atoms with Crippen LogP contribution >= 0.6 is 22.7 Å². The zero-order chi connectivity index (χ0) is 21.3. The Morgan fingerprint density at radius 3 is 2.73 bits per heavy atom. The molecule has 0 unspecified atom stereocenters. The number of aromatic nitrogens is 1. The molecule has 0 saturated heterocycles. The molecule has 156 valence electrons. The van der Waals surface area contributed by atoms with Crippen LogP contribution in [0.15, 0.2) is 29.0 Å². The second kappa shape index (κ2) is 8.70. The Morgan fingerprint density at radius 2 is 1.90 bits per heavy atom. The number of fused-ring (bicyclic) bond motifs is 1. The molecule has 4 rings (SSSR count). The molecule has 0 radical (unpaired) electrons. The number of nitrogens with one attached hydrogen (secondary N) is 1. The van der Waals surface area contributed by atoms with Crippen molar-refractivity contribution in [3.8, 4) is 11.3 Å². The van der Waals surface area contributed by atoms with Crippen molar-refractivity contribution < 1.29 is 9.59 Å². The third-order valence-corrected chi connectivity index (χ3v) is 7.37. The van der Waals surface area contributed by atoms with Crippen LogP contribution in [0.4, 0.5) is 5.13 Å². The van der Waals surface area contributed by atoms with Gasteiger partial charge in [0.1, 0.15) is 0 Å². The lowest BCUT2D eigenvalue weighted by molar-refractivity contribution is -0.133. The molecule has 5 nitrogen and oxygen atoms in total. The first-order chi connectivity index (χ1) is 14.4. The SMILES string of the molecule is Cc1cc(C)c(-c2csc(NC(=O)CCC(=O)N3CCc4sccc4C3)n2)cc1C. The fraction of sp³-hybridized carbons (Fsp3) is 0.348. The quantitative estimate of drug-likeness (QED) is 0.602. The van der Waals surface area contributed by atoms with Crippen molar-refractivity contribution in [1.82, 2.24) is 9.88 Å². The van der Waals surface area contributed by atoms with Crippen molar-refractivity contribution in [3.63, 3.8) is 0 Å². The van der Waals surface area contributed by atoms with Crippen molar-refractivity contribution in [2.45, 2.75) is 46.6 Å². The van der Waals surface area contributed by atoms with Crippen molar-refractivity contribution >= 4 is 39.6 Å². The molecule has 0 fully saturated rings. The van der Waals surface area contributed by atoms with E-state index in [1.165, 1.54) is 38.5 Å². The van der Waals surface area contributed by atoms with Crippen molar-refractivity contribution in [2.24, 2.45) is 0 Å². The van der Waals surface area contributed by atoms with Crippen LogP contribution in [0.5, 0.6) is 0 Å². The summed E-state index contributed by atoms with van der Waals surface area (Å²) in [5.41, 5.74) is 6.84. The zero-order valence-electron chi connectivity index (χ0n) is 17.4. The van der Waals surface area contributed by atoms with Crippen molar-refractivity contribution in [3.05, 3.63) is 56.1 Å². The van der Waals surface area contributed by atoms with Crippen LogP contribution in [-0.4, -0.2) is 28.2 Å². The number of thiazole rings is 1. The second-order valence-corrected chi connectivity index (χ2v) is 9.63. The number of hydrogen-bond acceptors (Lipinski definition) is 5. The molecular weight excluding hydrogens is 414 g/mol. The van der Waals surface area contributed by atoms with Gasteiger partial charge in [0.25, 0.3) is 0 Å². The number of nitrogens with zero attached hydrogens (tertiary/aromatic N) is 2. The summed E-state index contributed by atoms with van der Waals surface area (Å²) < 4.78 is 0. The zero-order valence-corrected chi connectivity index (χ0v) is 19.1. The number of thiophene rings is 1. The molecule has 0 spiro atoms. The van der Waals surface area contributed by atoms with Gasteiger partial charge in [-0.2, -0.15) is 0 Å². The van der Waals surface area contributed by atoms with E-state index in [2.05, 4.69) is 54.7 Å². The lowest BCUT2D eigenvalue weighted by Crippen LogP contribution is -2.35. The molecule has 0 saturated carbocycles. The molecule has 2 amide bonds. The Labute approximate surface area is 184 Å². The molecule has 2 aromatic heterocycles. The monoisotopic (exact) mass is 439 g/mol. The van der Waals surface area contributed by atoms with Crippen LogP contribution in [-0.2, 0) is 22.6 Å². The van der Waals surface area contributed by atoms with Gasteiger partial charge in [0, 0.05) is 41.8 Å². The molecule has 1 N–H and O–H groups in total. The van der Waals surface area contributed by atoms with Gasteiger partial charge in [-0.25, -0.2) is 4.98 Å². The predicted octanol–water partition coefficient (Wildman–Crippen LogP) is 5.10. The third-order valence-electron chi connectivity index (χ3n) is 5.59. The highest BCUT2D eigenvalue weighted by Crippen LogP contribution is 2.29. The van der Waals surface area contributed by atoms with Crippen LogP contribution in [0.1, 0.15) is 40.0 Å². The van der Waals surface area contributed by atoms with Gasteiger partial charge in [-0.15, -0.1) is 22.7 Å². The molecule has 7 heteroatoms. The Morgan fingerprint density at radius 1 is 1.10 bits per heavy atom. The fourth-order valence-corrected chi connectivity index (χ4v) is 5.33. The normalized spacial score (nSPS) is 13.2. The van der Waals surface area contributed by atoms with Gasteiger partial charge in [0.05, 0.1) is 5.69 Å². The molecule has 3 heterocycles. The van der Waals surface area contributed by atoms with Crippen molar-refractivity contribution in [1.29, 1.82) is 0 Å². The lowest BCUT2D eigenvalue weighted by Gasteiger charge is -2.27. The predicted molar refractivity (Wildman–Crippen MR) is 123 cm³/mol. The van der Waals surface area contributed by atoms with Crippen LogP contribution in [0.2, 0.25) is 0 Å². The second-order valence-electron chi connectivity index (χ2n) is 7.77. The Balaban J connectivity index is 1.32. The molecule has 3 aromatic rings. The number of anilines is 1. The number of carbonyl (C=O) groups is 2. The Kier molecular flexibility index (Phi) is 6.01. The standard InChI is InChI=1S/C23H25N3O2S2/c1-14-10-16(3)18(11-15(14)2)19-13-30-23(24-19)25-21(27)4-5-22(28)26-8-6-20-17(12-26)7-9-29-20/h7,9-11,13H,4-6,8,12H2,1-3H3,(H,24,25,27). The maximum Gasteiger partial charge on any atom is 0.226 e. The molecule has 1 aliphatic heterocycles. The highest BCUT2D eigenvalue weighted by molar-refractivity contribution is 7.14. The van der Waals surface area contributed by atoms with Crippen LogP contribution < -0.4 is 5.32 Å². The number of rotatable bonds is 5. The van der Waals surface area contributed by atoms with E-state index >= 15 is 0 Å². The first-order valence-corrected chi connectivity index (χ1v) is 11.8. The fourth-order valence-electron chi connectivity index (χ4n) is 3.71. The van der Waals surface area contributed by atoms with E-state index in [1.807, 2.05) is 10.3 Å². The summed E-state index contributed by atoms with van der Waals surface area (Å²) >= 11 is 3.16. The number of hydrogen-bond donors (Lipinski definition) is 1. The van der Waals surface area contributed by atoms with Crippen LogP contribution in [0, 0.1) is 20.8 Å². The van der Waals surface area contributed by atoms with Crippen molar-refractivity contribution in [2.75, 3.05) is 11.9 Å². The van der Waals surface area contributed by atoms with E-state index in [0.29, 0.717) is 11.7 Å². The minimum absolute atomic E-state index is 0.0348. The van der Waals surface area contributed by atoms with Gasteiger partial charge in [0.15, 0.2) is 5.13 Å². The number of aryl methyl sites for hydroxylation is 3. The molecule has 0 bridgehead atoms. The molecular formula is C23H25N3O2S2. The molecule has 0 aliphatic carbocycles. The first kappa shape index (κ1) is 20.8. The molecule has 1 aliphatic rings. The lowest BCUT2D eigenvalue weighted by atomic mass is 9.99. The third kappa shape index (κ3) is 4.47.